The third kappa shape index (κ3) is 5.80. The molecule has 9 heteroatoms. The Balaban J connectivity index is 1.09. The molecule has 2 N–H and O–H groups in total. The molecule has 198 valence electrons. The van der Waals surface area contributed by atoms with Crippen LogP contribution in [0.2, 0.25) is 10.0 Å². The molecule has 2 fully saturated rings. The Morgan fingerprint density at radius 1 is 1.08 bits per heavy atom. The molecule has 3 aliphatic heterocycles. The number of fused-ring (bicyclic) bond motifs is 2. The number of hydrogen-bond donors (Lipinski definition) is 2. The lowest BCUT2D eigenvalue weighted by molar-refractivity contribution is -0.128. The molecule has 1 spiro atoms. The zero-order valence-corrected chi connectivity index (χ0v) is 22.0. The van der Waals surface area contributed by atoms with Gasteiger partial charge in [0.05, 0.1) is 6.10 Å². The van der Waals surface area contributed by atoms with E-state index in [0.717, 1.165) is 62.1 Å². The van der Waals surface area contributed by atoms with E-state index in [9.17, 15) is 18.7 Å². The smallest absolute Gasteiger partial charge is 0.246 e. The summed E-state index contributed by atoms with van der Waals surface area (Å²) in [4.78, 5) is 16.6. The molecule has 0 bridgehead atoms. The molecule has 2 saturated heterocycles. The van der Waals surface area contributed by atoms with E-state index in [0.29, 0.717) is 30.2 Å². The second-order valence-corrected chi connectivity index (χ2v) is 11.4. The molecule has 0 unspecified atom stereocenters. The molecular formula is C28H31Cl2F2N3O2. The number of benzene rings is 2. The first kappa shape index (κ1) is 26.4. The Labute approximate surface area is 226 Å². The fourth-order valence-corrected chi connectivity index (χ4v) is 6.75. The van der Waals surface area contributed by atoms with E-state index in [-0.39, 0.29) is 17.2 Å². The molecule has 2 aromatic rings. The zero-order valence-electron chi connectivity index (χ0n) is 20.5. The Hall–Kier alpha value is -2.19. The minimum absolute atomic E-state index is 0.00889. The average Bonchev–Trinajstić information content (AvgIpc) is 3.21. The maximum Gasteiger partial charge on any atom is 0.246 e. The van der Waals surface area contributed by atoms with E-state index in [2.05, 4.69) is 10.2 Å². The van der Waals surface area contributed by atoms with Crippen molar-refractivity contribution in [2.24, 2.45) is 5.92 Å². The van der Waals surface area contributed by atoms with Crippen LogP contribution in [0.1, 0.15) is 36.8 Å². The number of aliphatic hydroxyl groups is 1. The third-order valence-corrected chi connectivity index (χ3v) is 8.68. The van der Waals surface area contributed by atoms with Crippen molar-refractivity contribution in [1.82, 2.24) is 9.80 Å². The summed E-state index contributed by atoms with van der Waals surface area (Å²) in [6, 6.07) is 6.94. The fraction of sp³-hybridized carbons (Fsp3) is 0.464. The van der Waals surface area contributed by atoms with Gasteiger partial charge in [-0.3, -0.25) is 4.79 Å². The van der Waals surface area contributed by atoms with E-state index < -0.39 is 17.7 Å². The fourth-order valence-electron chi connectivity index (χ4n) is 6.06. The SMILES string of the molecule is O=C(C=Cc1cc(F)cc(F)c1)N1CCC([C@H](O)CN2CCC3(CC2)CNc2cc(Cl)cc(Cl)c23)CC1. The van der Waals surface area contributed by atoms with Crippen LogP contribution in [0.4, 0.5) is 14.5 Å². The average molecular weight is 550 g/mol. The number of aliphatic hydroxyl groups excluding tert-OH is 1. The molecule has 0 aromatic heterocycles. The van der Waals surface area contributed by atoms with Crippen LogP contribution in [0.25, 0.3) is 6.08 Å². The first-order valence-corrected chi connectivity index (χ1v) is 13.5. The Bertz CT molecular complexity index is 1170. The summed E-state index contributed by atoms with van der Waals surface area (Å²) >= 11 is 12.8. The highest BCUT2D eigenvalue weighted by Crippen LogP contribution is 2.48. The van der Waals surface area contributed by atoms with Crippen molar-refractivity contribution in [2.45, 2.75) is 37.2 Å². The predicted octanol–water partition coefficient (Wildman–Crippen LogP) is 5.34. The number of likely N-dealkylation sites (tertiary alicyclic amines) is 2. The number of rotatable bonds is 5. The van der Waals surface area contributed by atoms with Crippen molar-refractivity contribution < 1.29 is 18.7 Å². The maximum absolute atomic E-state index is 13.4. The number of hydrogen-bond acceptors (Lipinski definition) is 4. The van der Waals surface area contributed by atoms with Gasteiger partial charge in [0.25, 0.3) is 0 Å². The molecule has 1 atom stereocenters. The largest absolute Gasteiger partial charge is 0.392 e. The van der Waals surface area contributed by atoms with Crippen LogP contribution in [0.3, 0.4) is 0 Å². The van der Waals surface area contributed by atoms with Crippen LogP contribution < -0.4 is 5.32 Å². The molecular weight excluding hydrogens is 519 g/mol. The van der Waals surface area contributed by atoms with Gasteiger partial charge in [-0.2, -0.15) is 0 Å². The van der Waals surface area contributed by atoms with Crippen LogP contribution in [0.5, 0.6) is 0 Å². The Morgan fingerprint density at radius 2 is 1.76 bits per heavy atom. The molecule has 37 heavy (non-hydrogen) atoms. The number of β-amino-alcohol motifs (C(OH)–C–C–N with tert-alkyl or cyclic N) is 1. The number of carbonyl (C=O) groups excluding carboxylic acids is 1. The van der Waals surface area contributed by atoms with Crippen LogP contribution in [0, 0.1) is 17.6 Å². The van der Waals surface area contributed by atoms with E-state index in [1.165, 1.54) is 29.8 Å². The first-order chi connectivity index (χ1) is 17.7. The molecule has 5 rings (SSSR count). The lowest BCUT2D eigenvalue weighted by Crippen LogP contribution is -2.48. The molecule has 0 saturated carbocycles. The minimum atomic E-state index is -0.677. The lowest BCUT2D eigenvalue weighted by atomic mass is 9.74. The van der Waals surface area contributed by atoms with Gasteiger partial charge in [0.2, 0.25) is 5.91 Å². The lowest BCUT2D eigenvalue weighted by Gasteiger charge is -2.41. The second kappa shape index (κ2) is 10.9. The summed E-state index contributed by atoms with van der Waals surface area (Å²) in [5.41, 5.74) is 2.52. The third-order valence-electron chi connectivity index (χ3n) is 8.16. The van der Waals surface area contributed by atoms with Gasteiger partial charge in [-0.05, 0) is 80.6 Å². The standard InChI is InChI=1S/C28H31Cl2F2N3O2/c29-20-13-23(30)27-24(14-20)33-17-28(27)5-9-34(10-6-28)16-25(36)19-3-7-35(8-4-19)26(37)2-1-18-11-21(31)15-22(32)12-18/h1-2,11-15,19,25,33,36H,3-10,16-17H2/t25-/m1/s1. The highest BCUT2D eigenvalue weighted by Gasteiger charge is 2.43. The van der Waals surface area contributed by atoms with Crippen molar-refractivity contribution in [1.29, 1.82) is 0 Å². The minimum Gasteiger partial charge on any atom is -0.392 e. The predicted molar refractivity (Wildman–Crippen MR) is 143 cm³/mol. The van der Waals surface area contributed by atoms with Gasteiger partial charge in [-0.15, -0.1) is 0 Å². The number of nitrogens with one attached hydrogen (secondary N) is 1. The van der Waals surface area contributed by atoms with Gasteiger partial charge >= 0.3 is 0 Å². The van der Waals surface area contributed by atoms with Crippen molar-refractivity contribution in [2.75, 3.05) is 44.6 Å². The van der Waals surface area contributed by atoms with Crippen LogP contribution in [-0.4, -0.2) is 66.2 Å². The van der Waals surface area contributed by atoms with Crippen molar-refractivity contribution in [3.63, 3.8) is 0 Å². The topological polar surface area (TPSA) is 55.8 Å². The summed E-state index contributed by atoms with van der Waals surface area (Å²) in [6.45, 7) is 4.35. The van der Waals surface area contributed by atoms with E-state index >= 15 is 0 Å². The van der Waals surface area contributed by atoms with E-state index in [1.54, 1.807) is 4.90 Å². The zero-order chi connectivity index (χ0) is 26.2. The van der Waals surface area contributed by atoms with E-state index in [4.69, 9.17) is 23.2 Å². The van der Waals surface area contributed by atoms with Crippen molar-refractivity contribution in [3.8, 4) is 0 Å². The number of anilines is 1. The molecule has 1 amide bonds. The normalized spacial score (nSPS) is 20.8. The van der Waals surface area contributed by atoms with Gasteiger partial charge in [0.1, 0.15) is 11.6 Å². The molecule has 5 nitrogen and oxygen atoms in total. The van der Waals surface area contributed by atoms with Crippen LogP contribution in [0.15, 0.2) is 36.4 Å². The quantitative estimate of drug-likeness (QED) is 0.494. The van der Waals surface area contributed by atoms with Crippen molar-refractivity contribution >= 4 is 40.9 Å². The summed E-state index contributed by atoms with van der Waals surface area (Å²) in [5, 5.41) is 15.8. The Morgan fingerprint density at radius 3 is 2.43 bits per heavy atom. The number of nitrogens with zero attached hydrogens (tertiary/aromatic N) is 2. The van der Waals surface area contributed by atoms with Gasteiger partial charge in [0.15, 0.2) is 0 Å². The highest BCUT2D eigenvalue weighted by molar-refractivity contribution is 6.35. The molecule has 3 heterocycles. The van der Waals surface area contributed by atoms with Gasteiger partial charge in [-0.1, -0.05) is 23.2 Å². The van der Waals surface area contributed by atoms with Crippen molar-refractivity contribution in [3.05, 3.63) is 69.2 Å². The molecule has 2 aromatic carbocycles. The van der Waals surface area contributed by atoms with Gasteiger partial charge < -0.3 is 20.2 Å². The van der Waals surface area contributed by atoms with Gasteiger partial charge in [-0.25, -0.2) is 8.78 Å². The number of halogens is 4. The summed E-state index contributed by atoms with van der Waals surface area (Å²) < 4.78 is 26.7. The second-order valence-electron chi connectivity index (χ2n) is 10.5. The van der Waals surface area contributed by atoms with Crippen LogP contribution >= 0.6 is 23.2 Å². The Kier molecular flexibility index (Phi) is 7.78. The number of carbonyl (C=O) groups is 1. The monoisotopic (exact) mass is 549 g/mol. The van der Waals surface area contributed by atoms with Gasteiger partial charge in [0, 0.05) is 65.0 Å². The molecule has 0 aliphatic carbocycles. The first-order valence-electron chi connectivity index (χ1n) is 12.8. The summed E-state index contributed by atoms with van der Waals surface area (Å²) in [7, 11) is 0. The number of amides is 1. The van der Waals surface area contributed by atoms with Crippen LogP contribution in [-0.2, 0) is 10.2 Å². The van der Waals surface area contributed by atoms with E-state index in [1.807, 2.05) is 12.1 Å². The maximum atomic E-state index is 13.4. The summed E-state index contributed by atoms with van der Waals surface area (Å²) in [6.07, 6.45) is 5.71. The molecule has 0 radical (unpaired) electrons. The molecule has 3 aliphatic rings. The highest BCUT2D eigenvalue weighted by atomic mass is 35.5. The summed E-state index contributed by atoms with van der Waals surface area (Å²) in [5.74, 6) is -1.41. The number of piperidine rings is 2.